The van der Waals surface area contributed by atoms with Crippen molar-refractivity contribution in [3.8, 4) is 0 Å². The fourth-order valence-corrected chi connectivity index (χ4v) is 5.44. The first kappa shape index (κ1) is 20.2. The van der Waals surface area contributed by atoms with Crippen LogP contribution in [0.4, 0.5) is 5.69 Å². The summed E-state index contributed by atoms with van der Waals surface area (Å²) in [5, 5.41) is 3.17. The molecule has 1 heterocycles. The van der Waals surface area contributed by atoms with Crippen LogP contribution in [0.5, 0.6) is 0 Å². The maximum atomic E-state index is 13.3. The smallest absolute Gasteiger partial charge is 0.252 e. The molecule has 0 saturated carbocycles. The Morgan fingerprint density at radius 2 is 1.50 bits per heavy atom. The number of carbonyl (C=O) groups is 1. The predicted octanol–water partition coefficient (Wildman–Crippen LogP) is 3.92. The molecule has 0 bridgehead atoms. The SMILES string of the molecule is CC(NC(=O)c1cccc(N2CCCS2(=O)=O)c1)(c1ccccc1)c1ccccc1. The fourth-order valence-electron chi connectivity index (χ4n) is 3.89. The second kappa shape index (κ2) is 7.95. The maximum Gasteiger partial charge on any atom is 0.252 e. The van der Waals surface area contributed by atoms with Gasteiger partial charge < -0.3 is 5.32 Å². The number of amides is 1. The maximum absolute atomic E-state index is 13.3. The van der Waals surface area contributed by atoms with Crippen LogP contribution in [0.1, 0.15) is 34.8 Å². The molecule has 0 aliphatic carbocycles. The molecule has 0 spiro atoms. The van der Waals surface area contributed by atoms with E-state index in [1.54, 1.807) is 24.3 Å². The van der Waals surface area contributed by atoms with E-state index in [9.17, 15) is 13.2 Å². The van der Waals surface area contributed by atoms with E-state index < -0.39 is 15.6 Å². The van der Waals surface area contributed by atoms with E-state index in [-0.39, 0.29) is 11.7 Å². The fraction of sp³-hybridized carbons (Fsp3) is 0.208. The average molecular weight is 421 g/mol. The summed E-state index contributed by atoms with van der Waals surface area (Å²) in [5.41, 5.74) is 2.13. The Morgan fingerprint density at radius 3 is 2.03 bits per heavy atom. The van der Waals surface area contributed by atoms with E-state index in [1.807, 2.05) is 67.6 Å². The highest BCUT2D eigenvalue weighted by Gasteiger charge is 2.32. The quantitative estimate of drug-likeness (QED) is 0.680. The molecule has 1 amide bonds. The third kappa shape index (κ3) is 3.83. The number of hydrogen-bond donors (Lipinski definition) is 1. The molecule has 30 heavy (non-hydrogen) atoms. The molecule has 0 aromatic heterocycles. The number of anilines is 1. The zero-order valence-corrected chi connectivity index (χ0v) is 17.6. The number of benzene rings is 3. The van der Waals surface area contributed by atoms with Gasteiger partial charge in [-0.3, -0.25) is 9.10 Å². The molecule has 3 aromatic rings. The summed E-state index contributed by atoms with van der Waals surface area (Å²) in [6.45, 7) is 2.42. The molecule has 1 aliphatic rings. The number of rotatable bonds is 5. The van der Waals surface area contributed by atoms with Gasteiger partial charge in [-0.1, -0.05) is 66.7 Å². The highest BCUT2D eigenvalue weighted by molar-refractivity contribution is 7.93. The lowest BCUT2D eigenvalue weighted by Crippen LogP contribution is -2.44. The lowest BCUT2D eigenvalue weighted by atomic mass is 9.84. The van der Waals surface area contributed by atoms with Crippen molar-refractivity contribution in [2.45, 2.75) is 18.9 Å². The standard InChI is InChI=1S/C24H24N2O3S/c1-24(20-11-4-2-5-12-20,21-13-6-3-7-14-21)25-23(27)19-10-8-15-22(18-19)26-16-9-17-30(26,28)29/h2-8,10-15,18H,9,16-17H2,1H3,(H,25,27). The van der Waals surface area contributed by atoms with Crippen LogP contribution in [0.2, 0.25) is 0 Å². The molecule has 0 unspecified atom stereocenters. The Balaban J connectivity index is 1.68. The molecule has 1 aliphatic heterocycles. The van der Waals surface area contributed by atoms with Gasteiger partial charge >= 0.3 is 0 Å². The van der Waals surface area contributed by atoms with Crippen LogP contribution in [-0.2, 0) is 15.6 Å². The van der Waals surface area contributed by atoms with Crippen molar-refractivity contribution in [2.24, 2.45) is 0 Å². The van der Waals surface area contributed by atoms with Gasteiger partial charge in [-0.05, 0) is 42.7 Å². The summed E-state index contributed by atoms with van der Waals surface area (Å²) in [6, 6.07) is 26.4. The van der Waals surface area contributed by atoms with E-state index in [1.165, 1.54) is 4.31 Å². The summed E-state index contributed by atoms with van der Waals surface area (Å²) in [4.78, 5) is 13.3. The van der Waals surface area contributed by atoms with Gasteiger partial charge in [-0.15, -0.1) is 0 Å². The van der Waals surface area contributed by atoms with Crippen LogP contribution in [0.15, 0.2) is 84.9 Å². The summed E-state index contributed by atoms with van der Waals surface area (Å²) in [7, 11) is -3.30. The van der Waals surface area contributed by atoms with Gasteiger partial charge in [0, 0.05) is 12.1 Å². The van der Waals surface area contributed by atoms with Crippen molar-refractivity contribution >= 4 is 21.6 Å². The third-order valence-corrected chi connectivity index (χ3v) is 7.43. The molecule has 1 fully saturated rings. The Kier molecular flexibility index (Phi) is 5.35. The van der Waals surface area contributed by atoms with Crippen molar-refractivity contribution in [3.63, 3.8) is 0 Å². The molecule has 6 heteroatoms. The van der Waals surface area contributed by atoms with Gasteiger partial charge in [0.05, 0.1) is 17.0 Å². The van der Waals surface area contributed by atoms with Gasteiger partial charge in [0.1, 0.15) is 0 Å². The van der Waals surface area contributed by atoms with Crippen LogP contribution < -0.4 is 9.62 Å². The molecule has 1 saturated heterocycles. The lowest BCUT2D eigenvalue weighted by molar-refractivity contribution is 0.0919. The predicted molar refractivity (Wildman–Crippen MR) is 119 cm³/mol. The topological polar surface area (TPSA) is 66.5 Å². The van der Waals surface area contributed by atoms with Crippen LogP contribution >= 0.6 is 0 Å². The first-order valence-electron chi connectivity index (χ1n) is 9.94. The van der Waals surface area contributed by atoms with E-state index >= 15 is 0 Å². The first-order valence-corrected chi connectivity index (χ1v) is 11.6. The van der Waals surface area contributed by atoms with Gasteiger partial charge in [-0.25, -0.2) is 8.42 Å². The molecule has 0 radical (unpaired) electrons. The van der Waals surface area contributed by atoms with Gasteiger partial charge in [0.15, 0.2) is 0 Å². The Hall–Kier alpha value is -3.12. The Labute approximate surface area is 177 Å². The lowest BCUT2D eigenvalue weighted by Gasteiger charge is -2.32. The molecule has 5 nitrogen and oxygen atoms in total. The van der Waals surface area contributed by atoms with Crippen molar-refractivity contribution in [1.29, 1.82) is 0 Å². The summed E-state index contributed by atoms with van der Waals surface area (Å²) in [6.07, 6.45) is 0.596. The molecular formula is C24H24N2O3S. The van der Waals surface area contributed by atoms with Crippen molar-refractivity contribution in [2.75, 3.05) is 16.6 Å². The highest BCUT2D eigenvalue weighted by Crippen LogP contribution is 2.30. The molecule has 1 N–H and O–H groups in total. The molecule has 154 valence electrons. The number of hydrogen-bond acceptors (Lipinski definition) is 3. The number of carbonyl (C=O) groups excluding carboxylic acids is 1. The van der Waals surface area contributed by atoms with E-state index in [0.717, 1.165) is 11.1 Å². The van der Waals surface area contributed by atoms with Crippen LogP contribution in [0.3, 0.4) is 0 Å². The Morgan fingerprint density at radius 1 is 0.900 bits per heavy atom. The molecule has 3 aromatic carbocycles. The summed E-state index contributed by atoms with van der Waals surface area (Å²) >= 11 is 0. The van der Waals surface area contributed by atoms with Crippen LogP contribution in [0.25, 0.3) is 0 Å². The zero-order valence-electron chi connectivity index (χ0n) is 16.8. The second-order valence-corrected chi connectivity index (χ2v) is 9.62. The average Bonchev–Trinajstić information content (AvgIpc) is 3.14. The van der Waals surface area contributed by atoms with Gasteiger partial charge in [0.2, 0.25) is 10.0 Å². The number of sulfonamides is 1. The van der Waals surface area contributed by atoms with Crippen molar-refractivity contribution < 1.29 is 13.2 Å². The normalized spacial score (nSPS) is 15.7. The van der Waals surface area contributed by atoms with Crippen molar-refractivity contribution in [1.82, 2.24) is 5.32 Å². The molecule has 0 atom stereocenters. The van der Waals surface area contributed by atoms with Gasteiger partial charge in [0.25, 0.3) is 5.91 Å². The molecular weight excluding hydrogens is 396 g/mol. The minimum Gasteiger partial charge on any atom is -0.339 e. The summed E-state index contributed by atoms with van der Waals surface area (Å²) < 4.78 is 25.9. The van der Waals surface area contributed by atoms with Crippen LogP contribution in [-0.4, -0.2) is 26.6 Å². The third-order valence-electron chi connectivity index (χ3n) is 5.56. The second-order valence-electron chi connectivity index (χ2n) is 7.60. The van der Waals surface area contributed by atoms with E-state index in [4.69, 9.17) is 0 Å². The largest absolute Gasteiger partial charge is 0.339 e. The summed E-state index contributed by atoms with van der Waals surface area (Å²) in [5.74, 6) is -0.118. The Bertz CT molecular complexity index is 1110. The van der Waals surface area contributed by atoms with Gasteiger partial charge in [-0.2, -0.15) is 0 Å². The van der Waals surface area contributed by atoms with E-state index in [0.29, 0.717) is 24.2 Å². The number of nitrogens with zero attached hydrogens (tertiary/aromatic N) is 1. The van der Waals surface area contributed by atoms with Crippen LogP contribution in [0, 0.1) is 0 Å². The van der Waals surface area contributed by atoms with E-state index in [2.05, 4.69) is 5.32 Å². The minimum atomic E-state index is -3.30. The highest BCUT2D eigenvalue weighted by atomic mass is 32.2. The monoisotopic (exact) mass is 420 g/mol. The first-order chi connectivity index (χ1) is 14.4. The minimum absolute atomic E-state index is 0.142. The van der Waals surface area contributed by atoms with Crippen molar-refractivity contribution in [3.05, 3.63) is 102 Å². The number of nitrogens with one attached hydrogen (secondary N) is 1. The molecule has 4 rings (SSSR count). The zero-order chi connectivity index (χ0) is 21.2.